The summed E-state index contributed by atoms with van der Waals surface area (Å²) in [6.07, 6.45) is 1.61. The van der Waals surface area contributed by atoms with Gasteiger partial charge in [0.05, 0.1) is 22.1 Å². The highest BCUT2D eigenvalue weighted by atomic mass is 35.5. The minimum absolute atomic E-state index is 0.145. The zero-order valence-electron chi connectivity index (χ0n) is 21.1. The quantitative estimate of drug-likeness (QED) is 0.202. The first-order valence-electron chi connectivity index (χ1n) is 11.6. The number of carbonyl (C=O) groups is 3. The predicted octanol–water partition coefficient (Wildman–Crippen LogP) is 6.27. The average Bonchev–Trinajstić information content (AvgIpc) is 3.18. The smallest absolute Gasteiger partial charge is 0.338 e. The van der Waals surface area contributed by atoms with Gasteiger partial charge in [0.25, 0.3) is 11.8 Å². The van der Waals surface area contributed by atoms with Crippen LogP contribution in [0, 0.1) is 6.92 Å². The molecule has 1 heterocycles. The zero-order valence-corrected chi connectivity index (χ0v) is 24.3. The number of halogens is 2. The molecule has 13 heteroatoms. The number of hydrogen-bond acceptors (Lipinski definition) is 7. The fraction of sp³-hybridized carbons (Fsp3) is 0.111. The lowest BCUT2D eigenvalue weighted by atomic mass is 10.2. The van der Waals surface area contributed by atoms with E-state index in [1.165, 1.54) is 19.2 Å². The molecule has 40 heavy (non-hydrogen) atoms. The Balaban J connectivity index is 1.38. The number of nitrogens with one attached hydrogen (secondary N) is 3. The number of ether oxygens (including phenoxy) is 2. The minimum Gasteiger partial charge on any atom is -0.493 e. The monoisotopic (exact) mass is 616 g/mol. The van der Waals surface area contributed by atoms with E-state index in [9.17, 15) is 14.4 Å². The number of hydrazine groups is 1. The van der Waals surface area contributed by atoms with Crippen molar-refractivity contribution in [1.82, 2.24) is 10.4 Å². The molecule has 4 amide bonds. The van der Waals surface area contributed by atoms with Crippen molar-refractivity contribution >= 4 is 86.8 Å². The highest BCUT2D eigenvalue weighted by Crippen LogP contribution is 2.34. The Kier molecular flexibility index (Phi) is 9.54. The fourth-order valence-corrected chi connectivity index (χ4v) is 4.96. The molecule has 3 aromatic carbocycles. The second-order valence-electron chi connectivity index (χ2n) is 8.27. The van der Waals surface area contributed by atoms with E-state index in [0.717, 1.165) is 22.3 Å². The van der Waals surface area contributed by atoms with Gasteiger partial charge in [-0.05, 0) is 72.7 Å². The highest BCUT2D eigenvalue weighted by molar-refractivity contribution is 8.26. The van der Waals surface area contributed by atoms with Crippen LogP contribution in [0.15, 0.2) is 65.6 Å². The first-order valence-corrected chi connectivity index (χ1v) is 13.6. The lowest BCUT2D eigenvalue weighted by Crippen LogP contribution is -2.46. The van der Waals surface area contributed by atoms with Crippen LogP contribution in [0.5, 0.6) is 11.5 Å². The Bertz CT molecular complexity index is 1530. The number of nitrogens with zero attached hydrogens (tertiary/aromatic N) is 1. The predicted molar refractivity (Wildman–Crippen MR) is 162 cm³/mol. The number of benzene rings is 3. The van der Waals surface area contributed by atoms with Crippen molar-refractivity contribution in [3.63, 3.8) is 0 Å². The third-order valence-corrected chi connectivity index (χ3v) is 7.49. The van der Waals surface area contributed by atoms with E-state index in [0.29, 0.717) is 33.5 Å². The van der Waals surface area contributed by atoms with E-state index in [1.807, 2.05) is 31.2 Å². The third-order valence-electron chi connectivity index (χ3n) is 5.45. The van der Waals surface area contributed by atoms with Crippen LogP contribution in [0.25, 0.3) is 6.08 Å². The summed E-state index contributed by atoms with van der Waals surface area (Å²) in [5.41, 5.74) is 5.07. The van der Waals surface area contributed by atoms with E-state index in [2.05, 4.69) is 16.1 Å². The lowest BCUT2D eigenvalue weighted by molar-refractivity contribution is -0.123. The van der Waals surface area contributed by atoms with E-state index in [-0.39, 0.29) is 26.8 Å². The lowest BCUT2D eigenvalue weighted by Gasteiger charge is -2.16. The third kappa shape index (κ3) is 7.24. The van der Waals surface area contributed by atoms with Crippen LogP contribution in [0.1, 0.15) is 11.1 Å². The molecule has 0 radical (unpaired) electrons. The van der Waals surface area contributed by atoms with E-state index < -0.39 is 11.9 Å². The van der Waals surface area contributed by atoms with Crippen LogP contribution in [-0.2, 0) is 9.59 Å². The van der Waals surface area contributed by atoms with Gasteiger partial charge in [0.2, 0.25) is 0 Å². The number of amides is 4. The number of aryl methyl sites for hydroxylation is 1. The SMILES string of the molecule is COc1cc(/C=C2\SC(=S)N(NC(=O)Nc3ccc(Cl)c(Cl)c3)C2=O)ccc1OCC(=O)Nc1ccccc1C. The molecule has 1 aliphatic heterocycles. The summed E-state index contributed by atoms with van der Waals surface area (Å²) >= 11 is 18.2. The van der Waals surface area contributed by atoms with Crippen molar-refractivity contribution < 1.29 is 23.9 Å². The Labute approximate surface area is 249 Å². The molecule has 9 nitrogen and oxygen atoms in total. The average molecular weight is 618 g/mol. The summed E-state index contributed by atoms with van der Waals surface area (Å²) in [5, 5.41) is 6.95. The van der Waals surface area contributed by atoms with E-state index in [4.69, 9.17) is 44.9 Å². The molecule has 0 saturated carbocycles. The molecular formula is C27H22Cl2N4O5S2. The van der Waals surface area contributed by atoms with Crippen molar-refractivity contribution in [3.8, 4) is 11.5 Å². The zero-order chi connectivity index (χ0) is 28.8. The van der Waals surface area contributed by atoms with Gasteiger partial charge in [0, 0.05) is 11.4 Å². The summed E-state index contributed by atoms with van der Waals surface area (Å²) in [6.45, 7) is 1.67. The topological polar surface area (TPSA) is 109 Å². The highest BCUT2D eigenvalue weighted by Gasteiger charge is 2.33. The number of urea groups is 1. The molecule has 0 aliphatic carbocycles. The first-order chi connectivity index (χ1) is 19.1. The maximum Gasteiger partial charge on any atom is 0.338 e. The van der Waals surface area contributed by atoms with Gasteiger partial charge in [-0.3, -0.25) is 9.59 Å². The second kappa shape index (κ2) is 13.1. The van der Waals surface area contributed by atoms with Crippen LogP contribution in [-0.4, -0.2) is 40.9 Å². The molecule has 1 saturated heterocycles. The van der Waals surface area contributed by atoms with Gasteiger partial charge < -0.3 is 20.1 Å². The van der Waals surface area contributed by atoms with Gasteiger partial charge >= 0.3 is 6.03 Å². The van der Waals surface area contributed by atoms with Crippen LogP contribution < -0.4 is 25.5 Å². The molecule has 3 N–H and O–H groups in total. The maximum absolute atomic E-state index is 12.9. The van der Waals surface area contributed by atoms with Crippen molar-refractivity contribution in [3.05, 3.63) is 86.7 Å². The molecule has 0 spiro atoms. The maximum atomic E-state index is 12.9. The molecule has 0 aromatic heterocycles. The number of methoxy groups -OCH3 is 1. The van der Waals surface area contributed by atoms with Gasteiger partial charge in [-0.2, -0.15) is 5.01 Å². The summed E-state index contributed by atoms with van der Waals surface area (Å²) in [7, 11) is 1.47. The van der Waals surface area contributed by atoms with Crippen LogP contribution >= 0.6 is 47.2 Å². The van der Waals surface area contributed by atoms with Crippen LogP contribution in [0.2, 0.25) is 10.0 Å². The van der Waals surface area contributed by atoms with E-state index >= 15 is 0 Å². The number of rotatable bonds is 8. The molecular weight excluding hydrogens is 595 g/mol. The van der Waals surface area contributed by atoms with Gasteiger partial charge in [0.1, 0.15) is 0 Å². The molecule has 1 aliphatic rings. The Morgan fingerprint density at radius 1 is 1.02 bits per heavy atom. The normalized spacial score (nSPS) is 13.8. The van der Waals surface area contributed by atoms with Gasteiger partial charge in [0.15, 0.2) is 22.4 Å². The Morgan fingerprint density at radius 2 is 1.80 bits per heavy atom. The molecule has 0 atom stereocenters. The summed E-state index contributed by atoms with van der Waals surface area (Å²) in [6, 6.07) is 16.3. The molecule has 1 fully saturated rings. The minimum atomic E-state index is -0.689. The van der Waals surface area contributed by atoms with Crippen molar-refractivity contribution in [2.24, 2.45) is 0 Å². The molecule has 3 aromatic rings. The van der Waals surface area contributed by atoms with Crippen molar-refractivity contribution in [1.29, 1.82) is 0 Å². The summed E-state index contributed by atoms with van der Waals surface area (Å²) in [4.78, 5) is 38.0. The molecule has 0 unspecified atom stereocenters. The van der Waals surface area contributed by atoms with Gasteiger partial charge in [-0.1, -0.05) is 59.2 Å². The fourth-order valence-electron chi connectivity index (χ4n) is 3.49. The summed E-state index contributed by atoms with van der Waals surface area (Å²) in [5.74, 6) is -0.105. The number of hydrogen-bond donors (Lipinski definition) is 3. The number of para-hydroxylation sites is 1. The van der Waals surface area contributed by atoms with Crippen molar-refractivity contribution in [2.75, 3.05) is 24.4 Å². The van der Waals surface area contributed by atoms with Crippen molar-refractivity contribution in [2.45, 2.75) is 6.92 Å². The number of anilines is 2. The Morgan fingerprint density at radius 3 is 2.52 bits per heavy atom. The van der Waals surface area contributed by atoms with Gasteiger partial charge in [-0.15, -0.1) is 0 Å². The number of carbonyl (C=O) groups excluding carboxylic acids is 3. The van der Waals surface area contributed by atoms with Crippen LogP contribution in [0.3, 0.4) is 0 Å². The van der Waals surface area contributed by atoms with E-state index in [1.54, 1.807) is 30.3 Å². The first kappa shape index (κ1) is 29.2. The summed E-state index contributed by atoms with van der Waals surface area (Å²) < 4.78 is 11.2. The molecule has 4 rings (SSSR count). The van der Waals surface area contributed by atoms with Gasteiger partial charge in [-0.25, -0.2) is 10.2 Å². The molecule has 0 bridgehead atoms. The number of thioether (sulfide) groups is 1. The van der Waals surface area contributed by atoms with Crippen LogP contribution in [0.4, 0.5) is 16.2 Å². The second-order valence-corrected chi connectivity index (χ2v) is 10.8. The largest absolute Gasteiger partial charge is 0.493 e. The molecule has 206 valence electrons. The Hall–Kier alpha value is -3.77. The standard InChI is InChI=1S/C27H22Cl2N4O5S2/c1-15-5-3-4-6-20(15)31-24(34)14-38-21-10-7-16(11-22(21)37-2)12-23-25(35)33(27(39)40-23)32-26(36)30-17-8-9-18(28)19(29)13-17/h3-13H,14H2,1-2H3,(H,31,34)(H2,30,32,36)/b23-12-. The number of thiocarbonyl (C=S) groups is 1.